The molecule has 1 aromatic heterocycles. The van der Waals surface area contributed by atoms with E-state index < -0.39 is 5.25 Å². The molecule has 0 saturated heterocycles. The number of ether oxygens (including phenoxy) is 2. The monoisotopic (exact) mass is 396 g/mol. The third kappa shape index (κ3) is 5.00. The summed E-state index contributed by atoms with van der Waals surface area (Å²) in [5.74, 6) is 6.47. The first kappa shape index (κ1) is 20.3. The molecule has 0 radical (unpaired) electrons. The van der Waals surface area contributed by atoms with Crippen LogP contribution in [0.4, 0.5) is 5.69 Å². The van der Waals surface area contributed by atoms with Crippen LogP contribution in [0.15, 0.2) is 35.5 Å². The number of carbonyl (C=O) groups is 1. The van der Waals surface area contributed by atoms with Crippen molar-refractivity contribution in [1.82, 2.24) is 9.97 Å². The van der Waals surface area contributed by atoms with Crippen LogP contribution in [-0.2, 0) is 4.79 Å². The highest BCUT2D eigenvalue weighted by Gasteiger charge is 2.29. The number of aromatic nitrogens is 2. The Labute approximate surface area is 161 Å². The molecule has 0 aliphatic rings. The summed E-state index contributed by atoms with van der Waals surface area (Å²) in [6.45, 7) is 3.87. The summed E-state index contributed by atoms with van der Waals surface area (Å²) in [4.78, 5) is 21.4. The zero-order chi connectivity index (χ0) is 19.3. The molecule has 9 heteroatoms. The average Bonchev–Trinajstić information content (AvgIpc) is 2.65. The van der Waals surface area contributed by atoms with Crippen molar-refractivity contribution in [2.75, 3.05) is 19.2 Å². The normalized spacial score (nSPS) is 12.0. The number of anilines is 1. The van der Waals surface area contributed by atoms with E-state index in [1.807, 2.05) is 13.8 Å². The molecule has 2 aromatic rings. The second kappa shape index (κ2) is 9.07. The predicted molar refractivity (Wildman–Crippen MR) is 103 cm³/mol. The van der Waals surface area contributed by atoms with E-state index in [0.717, 1.165) is 5.01 Å². The molecule has 1 atom stereocenters. The fraction of sp³-hybridized carbons (Fsp3) is 0.353. The maximum absolute atomic E-state index is 12.9. The molecule has 0 fully saturated rings. The van der Waals surface area contributed by atoms with Crippen molar-refractivity contribution in [1.29, 1.82) is 0 Å². The fourth-order valence-corrected chi connectivity index (χ4v) is 3.22. The number of amides is 1. The lowest BCUT2D eigenvalue weighted by Gasteiger charge is -2.25. The lowest BCUT2D eigenvalue weighted by molar-refractivity contribution is -0.118. The van der Waals surface area contributed by atoms with Crippen molar-refractivity contribution < 1.29 is 14.3 Å². The largest absolute Gasteiger partial charge is 0.481 e. The molecule has 0 bridgehead atoms. The molecule has 0 saturated carbocycles. The number of halogens is 1. The number of thioether (sulfide) groups is 1. The SMILES string of the molecule is COc1cc(OC)nc(SC(C(=O)N(N)c2ccc(Cl)cc2)C(C)C)n1. The van der Waals surface area contributed by atoms with Gasteiger partial charge in [0, 0.05) is 5.02 Å². The van der Waals surface area contributed by atoms with Gasteiger partial charge in [-0.3, -0.25) is 4.79 Å². The van der Waals surface area contributed by atoms with Crippen LogP contribution in [-0.4, -0.2) is 35.3 Å². The maximum atomic E-state index is 12.9. The van der Waals surface area contributed by atoms with Crippen LogP contribution >= 0.6 is 23.4 Å². The second-order valence-corrected chi connectivity index (χ2v) is 7.25. The molecule has 2 rings (SSSR count). The Morgan fingerprint density at radius 2 is 1.69 bits per heavy atom. The molecule has 1 heterocycles. The van der Waals surface area contributed by atoms with E-state index in [2.05, 4.69) is 9.97 Å². The zero-order valence-electron chi connectivity index (χ0n) is 15.0. The van der Waals surface area contributed by atoms with E-state index in [9.17, 15) is 4.79 Å². The number of rotatable bonds is 7. The van der Waals surface area contributed by atoms with Crippen LogP contribution in [0.1, 0.15) is 13.8 Å². The first-order chi connectivity index (χ1) is 12.3. The number of methoxy groups -OCH3 is 2. The molecule has 26 heavy (non-hydrogen) atoms. The van der Waals surface area contributed by atoms with Crippen molar-refractivity contribution >= 4 is 35.0 Å². The minimum Gasteiger partial charge on any atom is -0.481 e. The summed E-state index contributed by atoms with van der Waals surface area (Å²) in [6, 6.07) is 8.30. The number of hydrogen-bond donors (Lipinski definition) is 1. The number of nitrogens with two attached hydrogens (primary N) is 1. The van der Waals surface area contributed by atoms with Gasteiger partial charge >= 0.3 is 0 Å². The first-order valence-corrected chi connectivity index (χ1v) is 9.09. The van der Waals surface area contributed by atoms with Crippen molar-refractivity contribution in [3.63, 3.8) is 0 Å². The molecule has 1 unspecified atom stereocenters. The third-order valence-corrected chi connectivity index (χ3v) is 5.15. The van der Waals surface area contributed by atoms with Crippen LogP contribution in [0, 0.1) is 5.92 Å². The molecule has 0 aliphatic heterocycles. The second-order valence-electron chi connectivity index (χ2n) is 5.70. The van der Waals surface area contributed by atoms with Gasteiger partial charge in [0.05, 0.1) is 31.2 Å². The molecule has 2 N–H and O–H groups in total. The van der Waals surface area contributed by atoms with E-state index in [-0.39, 0.29) is 11.8 Å². The van der Waals surface area contributed by atoms with Gasteiger partial charge in [-0.1, -0.05) is 37.2 Å². The van der Waals surface area contributed by atoms with Gasteiger partial charge < -0.3 is 9.47 Å². The molecule has 1 amide bonds. The van der Waals surface area contributed by atoms with Gasteiger partial charge in [-0.2, -0.15) is 9.97 Å². The van der Waals surface area contributed by atoms with Crippen LogP contribution < -0.4 is 20.3 Å². The highest BCUT2D eigenvalue weighted by Crippen LogP contribution is 2.30. The summed E-state index contributed by atoms with van der Waals surface area (Å²) in [5.41, 5.74) is 0.551. The Kier molecular flexibility index (Phi) is 7.07. The maximum Gasteiger partial charge on any atom is 0.255 e. The summed E-state index contributed by atoms with van der Waals surface area (Å²) in [7, 11) is 3.01. The zero-order valence-corrected chi connectivity index (χ0v) is 16.5. The minimum absolute atomic E-state index is 0.00774. The van der Waals surface area contributed by atoms with Crippen LogP contribution in [0.2, 0.25) is 5.02 Å². The number of nitrogens with zero attached hydrogens (tertiary/aromatic N) is 3. The van der Waals surface area contributed by atoms with Crippen molar-refractivity contribution in [3.05, 3.63) is 35.4 Å². The van der Waals surface area contributed by atoms with E-state index in [1.54, 1.807) is 30.3 Å². The van der Waals surface area contributed by atoms with Crippen molar-refractivity contribution in [2.45, 2.75) is 24.3 Å². The molecule has 7 nitrogen and oxygen atoms in total. The molecular formula is C17H21ClN4O3S. The summed E-state index contributed by atoms with van der Waals surface area (Å²) >= 11 is 7.10. The van der Waals surface area contributed by atoms with Gasteiger partial charge in [-0.15, -0.1) is 0 Å². The van der Waals surface area contributed by atoms with Gasteiger partial charge in [-0.05, 0) is 30.2 Å². The van der Waals surface area contributed by atoms with Gasteiger partial charge in [0.15, 0.2) is 5.16 Å². The highest BCUT2D eigenvalue weighted by molar-refractivity contribution is 8.00. The Morgan fingerprint density at radius 1 is 1.15 bits per heavy atom. The smallest absolute Gasteiger partial charge is 0.255 e. The highest BCUT2D eigenvalue weighted by atomic mass is 35.5. The number of benzene rings is 1. The van der Waals surface area contributed by atoms with Crippen molar-refractivity contribution in [3.8, 4) is 11.8 Å². The molecule has 140 valence electrons. The molecule has 0 aliphatic carbocycles. The summed E-state index contributed by atoms with van der Waals surface area (Å²) in [5, 5.41) is 1.57. The lowest BCUT2D eigenvalue weighted by Crippen LogP contribution is -2.44. The molecule has 1 aromatic carbocycles. The molecular weight excluding hydrogens is 376 g/mol. The Hall–Kier alpha value is -2.03. The number of carbonyl (C=O) groups excluding carboxylic acids is 1. The van der Waals surface area contributed by atoms with E-state index in [1.165, 1.54) is 26.0 Å². The Balaban J connectivity index is 2.25. The topological polar surface area (TPSA) is 90.6 Å². The van der Waals surface area contributed by atoms with Gasteiger partial charge in [0.1, 0.15) is 0 Å². The minimum atomic E-state index is -0.493. The Morgan fingerprint density at radius 3 is 2.15 bits per heavy atom. The van der Waals surface area contributed by atoms with E-state index in [0.29, 0.717) is 27.6 Å². The number of hydrazine groups is 1. The average molecular weight is 397 g/mol. The van der Waals surface area contributed by atoms with Gasteiger partial charge in [-0.25, -0.2) is 10.9 Å². The van der Waals surface area contributed by atoms with Crippen LogP contribution in [0.5, 0.6) is 11.8 Å². The van der Waals surface area contributed by atoms with E-state index in [4.69, 9.17) is 26.9 Å². The standard InChI is InChI=1S/C17H21ClN4O3S/c1-10(2)15(16(23)22(19)12-7-5-11(18)6-8-12)26-17-20-13(24-3)9-14(21-17)25-4/h5-10,15H,19H2,1-4H3. The van der Waals surface area contributed by atoms with Gasteiger partial charge in [0.2, 0.25) is 11.8 Å². The molecule has 0 spiro atoms. The predicted octanol–water partition coefficient (Wildman–Crippen LogP) is 3.17. The van der Waals surface area contributed by atoms with E-state index >= 15 is 0 Å². The first-order valence-electron chi connectivity index (χ1n) is 7.83. The van der Waals surface area contributed by atoms with Crippen LogP contribution in [0.3, 0.4) is 0 Å². The Bertz CT molecular complexity index is 736. The van der Waals surface area contributed by atoms with Crippen molar-refractivity contribution in [2.24, 2.45) is 11.8 Å². The quantitative estimate of drug-likeness (QED) is 0.252. The van der Waals surface area contributed by atoms with Crippen LogP contribution in [0.25, 0.3) is 0 Å². The summed E-state index contributed by atoms with van der Waals surface area (Å²) < 4.78 is 10.3. The van der Waals surface area contributed by atoms with Gasteiger partial charge in [0.25, 0.3) is 5.91 Å². The third-order valence-electron chi connectivity index (χ3n) is 3.50. The summed E-state index contributed by atoms with van der Waals surface area (Å²) in [6.07, 6.45) is 0. The lowest BCUT2D eigenvalue weighted by atomic mass is 10.1. The number of hydrogen-bond acceptors (Lipinski definition) is 7. The fourth-order valence-electron chi connectivity index (χ4n) is 2.10.